The highest BCUT2D eigenvalue weighted by molar-refractivity contribution is 5.73. The van der Waals surface area contributed by atoms with E-state index in [2.05, 4.69) is 24.3 Å². The summed E-state index contributed by atoms with van der Waals surface area (Å²) in [6.45, 7) is 2.58. The third-order valence-electron chi connectivity index (χ3n) is 6.40. The molecule has 2 N–H and O–H groups in total. The van der Waals surface area contributed by atoms with Gasteiger partial charge in [0.1, 0.15) is 17.2 Å². The first-order chi connectivity index (χ1) is 17.6. The van der Waals surface area contributed by atoms with Crippen molar-refractivity contribution >= 4 is 0 Å². The zero-order valence-corrected chi connectivity index (χ0v) is 20.1. The highest BCUT2D eigenvalue weighted by atomic mass is 16.5. The number of aromatic hydroxyl groups is 2. The highest BCUT2D eigenvalue weighted by Gasteiger charge is 2.20. The minimum atomic E-state index is -0.119. The van der Waals surface area contributed by atoms with Crippen molar-refractivity contribution in [2.24, 2.45) is 0 Å². The van der Waals surface area contributed by atoms with Crippen LogP contribution >= 0.6 is 0 Å². The van der Waals surface area contributed by atoms with Crippen LogP contribution in [0.25, 0.3) is 22.3 Å². The Morgan fingerprint density at radius 2 is 1.00 bits per heavy atom. The number of phenolic OH excluding ortho intramolecular Hbond substituents is 2. The van der Waals surface area contributed by atoms with E-state index in [1.165, 1.54) is 0 Å². The molecule has 0 bridgehead atoms. The molecule has 0 saturated heterocycles. The molecule has 0 spiro atoms. The van der Waals surface area contributed by atoms with Gasteiger partial charge in [0.25, 0.3) is 0 Å². The summed E-state index contributed by atoms with van der Waals surface area (Å²) >= 11 is 0. The number of phenols is 2. The van der Waals surface area contributed by atoms with Crippen molar-refractivity contribution < 1.29 is 14.9 Å². The highest BCUT2D eigenvalue weighted by Crippen LogP contribution is 2.40. The van der Waals surface area contributed by atoms with Gasteiger partial charge < -0.3 is 14.9 Å². The first-order valence-electron chi connectivity index (χ1n) is 12.1. The molecule has 0 unspecified atom stereocenters. The number of rotatable bonds is 7. The second kappa shape index (κ2) is 10.4. The number of hydrogen-bond donors (Lipinski definition) is 2. The van der Waals surface area contributed by atoms with E-state index >= 15 is 0 Å². The molecule has 5 rings (SSSR count). The maximum absolute atomic E-state index is 10.7. The van der Waals surface area contributed by atoms with E-state index in [0.717, 1.165) is 44.7 Å². The van der Waals surface area contributed by atoms with Gasteiger partial charge in [-0.15, -0.1) is 0 Å². The van der Waals surface area contributed by atoms with Crippen LogP contribution in [0.2, 0.25) is 0 Å². The lowest BCUT2D eigenvalue weighted by atomic mass is 9.82. The molecule has 0 radical (unpaired) electrons. The van der Waals surface area contributed by atoms with Crippen molar-refractivity contribution in [3.8, 4) is 39.5 Å². The molecule has 5 aromatic rings. The van der Waals surface area contributed by atoms with E-state index in [1.807, 2.05) is 91.9 Å². The number of hydrogen-bond acceptors (Lipinski definition) is 3. The topological polar surface area (TPSA) is 49.7 Å². The largest absolute Gasteiger partial charge is 0.507 e. The van der Waals surface area contributed by atoms with E-state index in [4.69, 9.17) is 4.74 Å². The lowest BCUT2D eigenvalue weighted by Gasteiger charge is -2.22. The van der Waals surface area contributed by atoms with Crippen molar-refractivity contribution in [1.29, 1.82) is 0 Å². The molecule has 0 aliphatic rings. The smallest absolute Gasteiger partial charge is 0.123 e. The van der Waals surface area contributed by atoms with Crippen LogP contribution in [0.15, 0.2) is 121 Å². The molecule has 0 amide bonds. The van der Waals surface area contributed by atoms with E-state index in [9.17, 15) is 10.2 Å². The van der Waals surface area contributed by atoms with Gasteiger partial charge in [0.15, 0.2) is 0 Å². The Labute approximate surface area is 211 Å². The molecule has 3 nitrogen and oxygen atoms in total. The van der Waals surface area contributed by atoms with Crippen LogP contribution in [0.5, 0.6) is 17.2 Å². The van der Waals surface area contributed by atoms with Crippen LogP contribution in [0, 0.1) is 0 Å². The molecule has 0 aliphatic carbocycles. The summed E-state index contributed by atoms with van der Waals surface area (Å²) in [6, 6.07) is 39.5. The fraction of sp³-hybridized carbons (Fsp3) is 0.0909. The van der Waals surface area contributed by atoms with Crippen LogP contribution in [-0.2, 0) is 0 Å². The normalized spacial score (nSPS) is 10.9. The lowest BCUT2D eigenvalue weighted by Crippen LogP contribution is -2.04. The van der Waals surface area contributed by atoms with Crippen molar-refractivity contribution in [3.05, 3.63) is 138 Å². The summed E-state index contributed by atoms with van der Waals surface area (Å²) in [4.78, 5) is 0. The van der Waals surface area contributed by atoms with Gasteiger partial charge in [-0.25, -0.2) is 0 Å². The maximum Gasteiger partial charge on any atom is 0.123 e. The van der Waals surface area contributed by atoms with E-state index in [1.54, 1.807) is 12.1 Å². The summed E-state index contributed by atoms with van der Waals surface area (Å²) in [5, 5.41) is 21.4. The minimum Gasteiger partial charge on any atom is -0.507 e. The van der Waals surface area contributed by atoms with Crippen molar-refractivity contribution in [1.82, 2.24) is 0 Å². The monoisotopic (exact) mass is 472 g/mol. The zero-order chi connectivity index (χ0) is 24.9. The predicted octanol–water partition coefficient (Wildman–Crippen LogP) is 8.01. The first kappa shape index (κ1) is 23.3. The average Bonchev–Trinajstić information content (AvgIpc) is 2.93. The average molecular weight is 473 g/mol. The fourth-order valence-electron chi connectivity index (χ4n) is 4.66. The Morgan fingerprint density at radius 1 is 0.556 bits per heavy atom. The third-order valence-corrected chi connectivity index (χ3v) is 6.40. The Morgan fingerprint density at radius 3 is 1.44 bits per heavy atom. The summed E-state index contributed by atoms with van der Waals surface area (Å²) in [5.41, 5.74) is 6.65. The molecule has 0 atom stereocenters. The van der Waals surface area contributed by atoms with Gasteiger partial charge in [-0.1, -0.05) is 84.9 Å². The van der Waals surface area contributed by atoms with Crippen LogP contribution < -0.4 is 4.74 Å². The van der Waals surface area contributed by atoms with Gasteiger partial charge >= 0.3 is 0 Å². The fourth-order valence-corrected chi connectivity index (χ4v) is 4.66. The Kier molecular flexibility index (Phi) is 6.72. The molecule has 0 aromatic heterocycles. The van der Waals surface area contributed by atoms with Crippen LogP contribution in [0.3, 0.4) is 0 Å². The van der Waals surface area contributed by atoms with Gasteiger partial charge in [0.2, 0.25) is 0 Å². The molecule has 3 heteroatoms. The van der Waals surface area contributed by atoms with Gasteiger partial charge in [0, 0.05) is 17.0 Å². The number of ether oxygens (including phenoxy) is 1. The molecule has 0 aliphatic heterocycles. The quantitative estimate of drug-likeness (QED) is 0.236. The van der Waals surface area contributed by atoms with Crippen LogP contribution in [-0.4, -0.2) is 16.8 Å². The maximum atomic E-state index is 10.7. The van der Waals surface area contributed by atoms with E-state index in [-0.39, 0.29) is 17.4 Å². The SMILES string of the molecule is CCOc1ccc(C(c2ccc(O)c(-c3ccccc3)c2)c2ccc(O)c(-c3ccccc3)c2)cc1. The first-order valence-corrected chi connectivity index (χ1v) is 12.1. The number of benzene rings is 5. The van der Waals surface area contributed by atoms with Gasteiger partial charge in [-0.05, 0) is 71.1 Å². The molecule has 36 heavy (non-hydrogen) atoms. The van der Waals surface area contributed by atoms with Gasteiger partial charge in [-0.3, -0.25) is 0 Å². The third kappa shape index (κ3) is 4.82. The molecular weight excluding hydrogens is 444 g/mol. The Hall–Kier alpha value is -4.50. The van der Waals surface area contributed by atoms with Crippen LogP contribution in [0.1, 0.15) is 29.5 Å². The molecule has 0 heterocycles. The van der Waals surface area contributed by atoms with Crippen LogP contribution in [0.4, 0.5) is 0 Å². The van der Waals surface area contributed by atoms with Crippen molar-refractivity contribution in [2.75, 3.05) is 6.61 Å². The predicted molar refractivity (Wildman–Crippen MR) is 146 cm³/mol. The second-order valence-electron chi connectivity index (χ2n) is 8.72. The van der Waals surface area contributed by atoms with E-state index in [0.29, 0.717) is 6.61 Å². The van der Waals surface area contributed by atoms with Gasteiger partial charge in [0.05, 0.1) is 6.61 Å². The minimum absolute atomic E-state index is 0.119. The molecule has 5 aromatic carbocycles. The van der Waals surface area contributed by atoms with Crippen molar-refractivity contribution in [3.63, 3.8) is 0 Å². The lowest BCUT2D eigenvalue weighted by molar-refractivity contribution is 0.340. The van der Waals surface area contributed by atoms with E-state index < -0.39 is 0 Å². The van der Waals surface area contributed by atoms with Gasteiger partial charge in [-0.2, -0.15) is 0 Å². The molecule has 178 valence electrons. The standard InChI is InChI=1S/C33H28O3/c1-2-36-28-17-13-25(14-18-28)33(26-15-19-31(34)29(21-26)23-9-5-3-6-10-23)27-16-20-32(35)30(22-27)24-11-7-4-8-12-24/h3-22,33-35H,2H2,1H3. The molecular formula is C33H28O3. The summed E-state index contributed by atoms with van der Waals surface area (Å²) in [7, 11) is 0. The molecule has 0 saturated carbocycles. The van der Waals surface area contributed by atoms with Crippen molar-refractivity contribution in [2.45, 2.75) is 12.8 Å². The summed E-state index contributed by atoms with van der Waals surface area (Å²) in [5.74, 6) is 1.19. The molecule has 0 fully saturated rings. The second-order valence-corrected chi connectivity index (χ2v) is 8.72. The Balaban J connectivity index is 1.67. The summed E-state index contributed by atoms with van der Waals surface area (Å²) in [6.07, 6.45) is 0. The zero-order valence-electron chi connectivity index (χ0n) is 20.1. The Bertz CT molecular complexity index is 1350. The summed E-state index contributed by atoms with van der Waals surface area (Å²) < 4.78 is 5.67.